The largest absolute Gasteiger partial charge is 0.396 e. The molecule has 3 heterocycles. The summed E-state index contributed by atoms with van der Waals surface area (Å²) in [5.41, 5.74) is 1.45. The lowest BCUT2D eigenvalue weighted by atomic mass is 9.78. The summed E-state index contributed by atoms with van der Waals surface area (Å²) in [4.78, 5) is 21.3. The second kappa shape index (κ2) is 6.97. The van der Waals surface area contributed by atoms with Crippen LogP contribution in [0.15, 0.2) is 18.3 Å². The van der Waals surface area contributed by atoms with Crippen molar-refractivity contribution >= 4 is 5.91 Å². The maximum Gasteiger partial charge on any atom is 0.255 e. The highest BCUT2D eigenvalue weighted by Gasteiger charge is 2.37. The van der Waals surface area contributed by atoms with Gasteiger partial charge in [0.1, 0.15) is 0 Å². The Hall–Kier alpha value is -1.46. The summed E-state index contributed by atoms with van der Waals surface area (Å²) in [7, 11) is 0. The molecule has 1 amide bonds. The van der Waals surface area contributed by atoms with E-state index in [-0.39, 0.29) is 17.9 Å². The quantitative estimate of drug-likeness (QED) is 0.918. The van der Waals surface area contributed by atoms with Crippen LogP contribution in [-0.4, -0.2) is 65.1 Å². The van der Waals surface area contributed by atoms with Crippen molar-refractivity contribution in [1.82, 2.24) is 14.8 Å². The molecule has 5 nitrogen and oxygen atoms in total. The summed E-state index contributed by atoms with van der Waals surface area (Å²) >= 11 is 0. The standard InChI is InChI=1S/C18H27N3O2/c1-15-16(5-4-8-19-15)17(23)21-11-6-18(14-22,7-12-21)13-20-9-2-3-10-20/h4-5,8,22H,2-3,6-7,9-14H2,1H3. The van der Waals surface area contributed by atoms with Gasteiger partial charge in [0.25, 0.3) is 5.91 Å². The maximum atomic E-state index is 12.7. The summed E-state index contributed by atoms with van der Waals surface area (Å²) < 4.78 is 0. The molecule has 1 aromatic rings. The molecule has 0 unspecified atom stereocenters. The van der Waals surface area contributed by atoms with E-state index in [9.17, 15) is 9.90 Å². The number of carbonyl (C=O) groups is 1. The molecule has 126 valence electrons. The van der Waals surface area contributed by atoms with Crippen LogP contribution in [0.5, 0.6) is 0 Å². The van der Waals surface area contributed by atoms with Crippen LogP contribution in [0.1, 0.15) is 41.7 Å². The molecule has 3 rings (SSSR count). The van der Waals surface area contributed by atoms with Gasteiger partial charge in [-0.3, -0.25) is 9.78 Å². The molecule has 0 saturated carbocycles. The lowest BCUT2D eigenvalue weighted by Gasteiger charge is -2.42. The van der Waals surface area contributed by atoms with E-state index in [2.05, 4.69) is 9.88 Å². The fourth-order valence-electron chi connectivity index (χ4n) is 3.85. The molecule has 2 aliphatic heterocycles. The third-order valence-corrected chi connectivity index (χ3v) is 5.44. The molecule has 0 aromatic carbocycles. The Morgan fingerprint density at radius 2 is 1.96 bits per heavy atom. The Bertz CT molecular complexity index is 547. The van der Waals surface area contributed by atoms with Gasteiger partial charge in [-0.25, -0.2) is 0 Å². The highest BCUT2D eigenvalue weighted by atomic mass is 16.3. The highest BCUT2D eigenvalue weighted by molar-refractivity contribution is 5.95. The lowest BCUT2D eigenvalue weighted by molar-refractivity contribution is 0.0178. The molecule has 1 aromatic heterocycles. The first-order valence-electron chi connectivity index (χ1n) is 8.68. The fourth-order valence-corrected chi connectivity index (χ4v) is 3.85. The van der Waals surface area contributed by atoms with E-state index >= 15 is 0 Å². The fraction of sp³-hybridized carbons (Fsp3) is 0.667. The zero-order valence-corrected chi connectivity index (χ0v) is 14.0. The Morgan fingerprint density at radius 3 is 2.57 bits per heavy atom. The van der Waals surface area contributed by atoms with E-state index < -0.39 is 0 Å². The van der Waals surface area contributed by atoms with Crippen LogP contribution < -0.4 is 0 Å². The topological polar surface area (TPSA) is 56.7 Å². The van der Waals surface area contributed by atoms with Crippen molar-refractivity contribution in [3.63, 3.8) is 0 Å². The summed E-state index contributed by atoms with van der Waals surface area (Å²) in [6.07, 6.45) is 6.02. The van der Waals surface area contributed by atoms with Gasteiger partial charge in [-0.05, 0) is 57.8 Å². The number of amides is 1. The minimum Gasteiger partial charge on any atom is -0.396 e. The number of aliphatic hydroxyl groups is 1. The molecule has 2 fully saturated rings. The highest BCUT2D eigenvalue weighted by Crippen LogP contribution is 2.33. The summed E-state index contributed by atoms with van der Waals surface area (Å²) in [5, 5.41) is 9.95. The van der Waals surface area contributed by atoms with Crippen LogP contribution in [0.2, 0.25) is 0 Å². The van der Waals surface area contributed by atoms with Crippen molar-refractivity contribution in [3.05, 3.63) is 29.6 Å². The van der Waals surface area contributed by atoms with Crippen LogP contribution >= 0.6 is 0 Å². The van der Waals surface area contributed by atoms with Crippen LogP contribution in [0, 0.1) is 12.3 Å². The number of aromatic nitrogens is 1. The van der Waals surface area contributed by atoms with E-state index in [1.165, 1.54) is 12.8 Å². The lowest BCUT2D eigenvalue weighted by Crippen LogP contribution is -2.49. The molecule has 1 N–H and O–H groups in total. The number of aliphatic hydroxyl groups excluding tert-OH is 1. The van der Waals surface area contributed by atoms with Crippen LogP contribution in [0.25, 0.3) is 0 Å². The Balaban J connectivity index is 1.62. The van der Waals surface area contributed by atoms with Gasteiger partial charge in [-0.15, -0.1) is 0 Å². The van der Waals surface area contributed by atoms with Gasteiger partial charge in [0.15, 0.2) is 0 Å². The Labute approximate surface area is 138 Å². The number of piperidine rings is 1. The average molecular weight is 317 g/mol. The summed E-state index contributed by atoms with van der Waals surface area (Å²) in [6, 6.07) is 3.67. The molecule has 0 atom stereocenters. The summed E-state index contributed by atoms with van der Waals surface area (Å²) in [5.74, 6) is 0.0725. The molecule has 0 radical (unpaired) electrons. The van der Waals surface area contributed by atoms with Crippen molar-refractivity contribution in [2.75, 3.05) is 39.3 Å². The third-order valence-electron chi connectivity index (χ3n) is 5.44. The van der Waals surface area contributed by atoms with E-state index in [0.717, 1.165) is 51.3 Å². The van der Waals surface area contributed by atoms with Gasteiger partial charge in [0.05, 0.1) is 12.2 Å². The maximum absolute atomic E-state index is 12.7. The van der Waals surface area contributed by atoms with Crippen LogP contribution in [0.4, 0.5) is 0 Å². The van der Waals surface area contributed by atoms with Gasteiger partial charge < -0.3 is 14.9 Å². The van der Waals surface area contributed by atoms with Crippen molar-refractivity contribution < 1.29 is 9.90 Å². The number of aryl methyl sites for hydroxylation is 1. The van der Waals surface area contributed by atoms with Gasteiger partial charge in [0.2, 0.25) is 0 Å². The first-order chi connectivity index (χ1) is 11.1. The van der Waals surface area contributed by atoms with Crippen molar-refractivity contribution in [1.29, 1.82) is 0 Å². The molecule has 2 saturated heterocycles. The smallest absolute Gasteiger partial charge is 0.255 e. The van der Waals surface area contributed by atoms with Crippen molar-refractivity contribution in [3.8, 4) is 0 Å². The number of rotatable bonds is 4. The van der Waals surface area contributed by atoms with Gasteiger partial charge in [-0.2, -0.15) is 0 Å². The molecule has 5 heteroatoms. The SMILES string of the molecule is Cc1ncccc1C(=O)N1CCC(CO)(CN2CCCC2)CC1. The molecular weight excluding hydrogens is 290 g/mol. The average Bonchev–Trinajstić information content (AvgIpc) is 3.08. The van der Waals surface area contributed by atoms with Gasteiger partial charge >= 0.3 is 0 Å². The number of likely N-dealkylation sites (tertiary alicyclic amines) is 2. The first kappa shape index (κ1) is 16.4. The second-order valence-electron chi connectivity index (χ2n) is 7.07. The first-order valence-corrected chi connectivity index (χ1v) is 8.68. The molecule has 0 bridgehead atoms. The monoisotopic (exact) mass is 317 g/mol. The number of nitrogens with zero attached hydrogens (tertiary/aromatic N) is 3. The van der Waals surface area contributed by atoms with Crippen LogP contribution in [0.3, 0.4) is 0 Å². The minimum absolute atomic E-state index is 0.0366. The number of carbonyl (C=O) groups excluding carboxylic acids is 1. The second-order valence-corrected chi connectivity index (χ2v) is 7.07. The van der Waals surface area contributed by atoms with E-state index in [1.54, 1.807) is 6.20 Å². The van der Waals surface area contributed by atoms with Gasteiger partial charge in [0, 0.05) is 36.9 Å². The number of pyridine rings is 1. The molecule has 2 aliphatic rings. The molecule has 0 aliphatic carbocycles. The Morgan fingerprint density at radius 1 is 1.26 bits per heavy atom. The van der Waals surface area contributed by atoms with Crippen molar-refractivity contribution in [2.45, 2.75) is 32.6 Å². The van der Waals surface area contributed by atoms with E-state index in [0.29, 0.717) is 5.56 Å². The van der Waals surface area contributed by atoms with E-state index in [4.69, 9.17) is 0 Å². The van der Waals surface area contributed by atoms with E-state index in [1.807, 2.05) is 24.0 Å². The zero-order valence-electron chi connectivity index (χ0n) is 14.0. The Kier molecular flexibility index (Phi) is 4.97. The van der Waals surface area contributed by atoms with Crippen LogP contribution in [-0.2, 0) is 0 Å². The number of hydrogen-bond donors (Lipinski definition) is 1. The predicted octanol–water partition coefficient (Wildman–Crippen LogP) is 1.70. The van der Waals surface area contributed by atoms with Gasteiger partial charge in [-0.1, -0.05) is 0 Å². The molecule has 0 spiro atoms. The molecular formula is C18H27N3O2. The number of hydrogen-bond acceptors (Lipinski definition) is 4. The minimum atomic E-state index is -0.0366. The summed E-state index contributed by atoms with van der Waals surface area (Å²) in [6.45, 7) is 6.82. The normalized spacial score (nSPS) is 21.6. The predicted molar refractivity (Wildman–Crippen MR) is 89.3 cm³/mol. The van der Waals surface area contributed by atoms with Crippen molar-refractivity contribution in [2.24, 2.45) is 5.41 Å². The molecule has 23 heavy (non-hydrogen) atoms. The third kappa shape index (κ3) is 3.56. The zero-order chi connectivity index (χ0) is 16.3.